The van der Waals surface area contributed by atoms with Crippen molar-refractivity contribution in [3.05, 3.63) is 79.1 Å². The molecule has 29 heavy (non-hydrogen) atoms. The maximum atomic E-state index is 13.5. The van der Waals surface area contributed by atoms with Crippen LogP contribution in [0.5, 0.6) is 0 Å². The molecule has 1 aromatic carbocycles. The van der Waals surface area contributed by atoms with Crippen LogP contribution < -0.4 is 16.8 Å². The lowest BCUT2D eigenvalue weighted by atomic mass is 10.0. The van der Waals surface area contributed by atoms with Crippen LogP contribution in [-0.4, -0.2) is 38.0 Å². The normalized spacial score (nSPS) is 15.0. The number of pyridine rings is 1. The zero-order chi connectivity index (χ0) is 20.7. The summed E-state index contributed by atoms with van der Waals surface area (Å²) < 4.78 is 16.0. The van der Waals surface area contributed by atoms with E-state index in [0.29, 0.717) is 25.9 Å². The molecule has 150 valence electrons. The molecule has 0 aliphatic carbocycles. The third-order valence-electron chi connectivity index (χ3n) is 5.36. The minimum absolute atomic E-state index is 0.0876. The number of halogens is 1. The molecule has 0 radical (unpaired) electrons. The van der Waals surface area contributed by atoms with Crippen LogP contribution in [0, 0.1) is 5.82 Å². The van der Waals surface area contributed by atoms with E-state index in [9.17, 15) is 23.6 Å². The minimum atomic E-state index is -0.559. The number of aryl methyl sites for hydroxylation is 1. The molecule has 0 atom stereocenters. The number of piperidine rings is 1. The highest BCUT2D eigenvalue weighted by Gasteiger charge is 2.28. The number of nitrogens with zero attached hydrogens (tertiary/aromatic N) is 3. The zero-order valence-corrected chi connectivity index (χ0v) is 15.7. The Bertz CT molecular complexity index is 1280. The second kappa shape index (κ2) is 7.16. The van der Waals surface area contributed by atoms with Crippen LogP contribution in [0.2, 0.25) is 0 Å². The fraction of sp³-hybridized carbons (Fsp3) is 0.300. The summed E-state index contributed by atoms with van der Waals surface area (Å²) in [5, 5.41) is 0.107. The van der Waals surface area contributed by atoms with Crippen molar-refractivity contribution in [1.82, 2.24) is 19.0 Å². The second-order valence-electron chi connectivity index (χ2n) is 7.16. The number of H-pyrrole nitrogens is 1. The molecule has 0 saturated carbocycles. The molecule has 8 nitrogen and oxygen atoms in total. The van der Waals surface area contributed by atoms with Crippen molar-refractivity contribution in [2.75, 3.05) is 13.1 Å². The van der Waals surface area contributed by atoms with Crippen molar-refractivity contribution in [3.8, 4) is 0 Å². The highest BCUT2D eigenvalue weighted by Crippen LogP contribution is 2.21. The van der Waals surface area contributed by atoms with Crippen LogP contribution in [0.3, 0.4) is 0 Å². The average Bonchev–Trinajstić information content (AvgIpc) is 2.71. The molecule has 0 bridgehead atoms. The van der Waals surface area contributed by atoms with Crippen LogP contribution in [0.4, 0.5) is 4.39 Å². The number of likely N-dealkylation sites (tertiary alicyclic amines) is 1. The third-order valence-corrected chi connectivity index (χ3v) is 5.36. The van der Waals surface area contributed by atoms with E-state index < -0.39 is 23.1 Å². The van der Waals surface area contributed by atoms with E-state index in [1.165, 1.54) is 22.8 Å². The van der Waals surface area contributed by atoms with Gasteiger partial charge in [-0.2, -0.15) is 0 Å². The van der Waals surface area contributed by atoms with E-state index >= 15 is 0 Å². The first-order chi connectivity index (χ1) is 13.9. The van der Waals surface area contributed by atoms with Crippen molar-refractivity contribution in [2.45, 2.75) is 18.9 Å². The SMILES string of the molecule is Cn1cccc(C(=O)N2CCC(n3c(=O)[nH]c4ccc(F)cc4c3=O)CC2)c1=O. The quantitative estimate of drug-likeness (QED) is 0.697. The van der Waals surface area contributed by atoms with E-state index in [0.717, 1.165) is 10.6 Å². The molecule has 3 aromatic rings. The maximum absolute atomic E-state index is 13.5. The van der Waals surface area contributed by atoms with Gasteiger partial charge in [0.1, 0.15) is 11.4 Å². The number of hydrogen-bond donors (Lipinski definition) is 1. The molecule has 1 amide bonds. The molecule has 2 aromatic heterocycles. The molecular formula is C20H19FN4O4. The summed E-state index contributed by atoms with van der Waals surface area (Å²) >= 11 is 0. The lowest BCUT2D eigenvalue weighted by molar-refractivity contribution is 0.0689. The van der Waals surface area contributed by atoms with Gasteiger partial charge in [-0.3, -0.25) is 19.0 Å². The van der Waals surface area contributed by atoms with Gasteiger partial charge < -0.3 is 14.5 Å². The fourth-order valence-corrected chi connectivity index (χ4v) is 3.79. The number of fused-ring (bicyclic) bond motifs is 1. The lowest BCUT2D eigenvalue weighted by Crippen LogP contribution is -2.46. The number of aromatic nitrogens is 3. The Morgan fingerprint density at radius 1 is 1.10 bits per heavy atom. The molecule has 0 spiro atoms. The average molecular weight is 398 g/mol. The van der Waals surface area contributed by atoms with Gasteiger partial charge in [0, 0.05) is 32.4 Å². The lowest BCUT2D eigenvalue weighted by Gasteiger charge is -2.32. The van der Waals surface area contributed by atoms with Crippen molar-refractivity contribution in [3.63, 3.8) is 0 Å². The molecule has 1 saturated heterocycles. The van der Waals surface area contributed by atoms with Crippen LogP contribution in [0.25, 0.3) is 10.9 Å². The van der Waals surface area contributed by atoms with E-state index in [1.807, 2.05) is 0 Å². The molecule has 1 aliphatic heterocycles. The standard InChI is InChI=1S/C20H19FN4O4/c1-23-8-2-3-14(17(23)26)18(27)24-9-6-13(7-10-24)25-19(28)15-11-12(21)4-5-16(15)22-20(25)29/h2-5,8,11,13H,6-7,9-10H2,1H3,(H,22,29). The second-order valence-corrected chi connectivity index (χ2v) is 7.16. The summed E-state index contributed by atoms with van der Waals surface area (Å²) in [5.41, 5.74) is -1.11. The van der Waals surface area contributed by atoms with E-state index in [1.54, 1.807) is 24.2 Å². The van der Waals surface area contributed by atoms with Gasteiger partial charge in [-0.25, -0.2) is 9.18 Å². The first-order valence-corrected chi connectivity index (χ1v) is 9.26. The topological polar surface area (TPSA) is 97.2 Å². The summed E-state index contributed by atoms with van der Waals surface area (Å²) in [6, 6.07) is 6.35. The predicted octanol–water partition coefficient (Wildman–Crippen LogP) is 1.00. The number of nitrogens with one attached hydrogen (secondary N) is 1. The Labute approximate surface area is 163 Å². The van der Waals surface area contributed by atoms with Crippen molar-refractivity contribution < 1.29 is 9.18 Å². The van der Waals surface area contributed by atoms with Gasteiger partial charge in [0.05, 0.1) is 10.9 Å². The monoisotopic (exact) mass is 398 g/mol. The van der Waals surface area contributed by atoms with E-state index in [-0.39, 0.29) is 27.9 Å². The summed E-state index contributed by atoms with van der Waals surface area (Å²) in [7, 11) is 1.58. The summed E-state index contributed by atoms with van der Waals surface area (Å²) in [6.07, 6.45) is 2.33. The number of benzene rings is 1. The maximum Gasteiger partial charge on any atom is 0.329 e. The molecule has 1 N–H and O–H groups in total. The number of carbonyl (C=O) groups excluding carboxylic acids is 1. The number of carbonyl (C=O) groups is 1. The molecule has 4 rings (SSSR count). The molecular weight excluding hydrogens is 379 g/mol. The summed E-state index contributed by atoms with van der Waals surface area (Å²) in [6.45, 7) is 0.600. The molecule has 3 heterocycles. The van der Waals surface area contributed by atoms with Crippen LogP contribution in [0.15, 0.2) is 50.9 Å². The van der Waals surface area contributed by atoms with E-state index in [2.05, 4.69) is 4.98 Å². The van der Waals surface area contributed by atoms with Gasteiger partial charge in [-0.1, -0.05) is 0 Å². The zero-order valence-electron chi connectivity index (χ0n) is 15.7. The van der Waals surface area contributed by atoms with Gasteiger partial charge in [-0.05, 0) is 43.2 Å². The summed E-state index contributed by atoms with van der Waals surface area (Å²) in [5.74, 6) is -0.926. The smallest absolute Gasteiger partial charge is 0.329 e. The van der Waals surface area contributed by atoms with Gasteiger partial charge in [0.15, 0.2) is 0 Å². The first-order valence-electron chi connectivity index (χ1n) is 9.26. The largest absolute Gasteiger partial charge is 0.338 e. The molecule has 1 aliphatic rings. The minimum Gasteiger partial charge on any atom is -0.338 e. The third kappa shape index (κ3) is 3.28. The van der Waals surface area contributed by atoms with Crippen molar-refractivity contribution >= 4 is 16.8 Å². The van der Waals surface area contributed by atoms with Crippen LogP contribution in [0.1, 0.15) is 29.2 Å². The number of hydrogen-bond acceptors (Lipinski definition) is 4. The Balaban J connectivity index is 1.60. The Morgan fingerprint density at radius 3 is 2.55 bits per heavy atom. The Hall–Kier alpha value is -3.49. The molecule has 9 heteroatoms. The van der Waals surface area contributed by atoms with E-state index in [4.69, 9.17) is 0 Å². The van der Waals surface area contributed by atoms with Crippen molar-refractivity contribution in [1.29, 1.82) is 0 Å². The van der Waals surface area contributed by atoms with Crippen molar-refractivity contribution in [2.24, 2.45) is 7.05 Å². The molecule has 1 fully saturated rings. The van der Waals surface area contributed by atoms with Gasteiger partial charge >= 0.3 is 5.69 Å². The van der Waals surface area contributed by atoms with Gasteiger partial charge in [0.25, 0.3) is 17.0 Å². The number of amides is 1. The first kappa shape index (κ1) is 18.9. The predicted molar refractivity (Wildman–Crippen MR) is 105 cm³/mol. The Kier molecular flexibility index (Phi) is 4.65. The number of aromatic amines is 1. The number of rotatable bonds is 2. The van der Waals surface area contributed by atoms with Gasteiger partial charge in [-0.15, -0.1) is 0 Å². The fourth-order valence-electron chi connectivity index (χ4n) is 3.79. The molecule has 0 unspecified atom stereocenters. The summed E-state index contributed by atoms with van der Waals surface area (Å²) in [4.78, 5) is 54.3. The van der Waals surface area contributed by atoms with Gasteiger partial charge in [0.2, 0.25) is 0 Å². The van der Waals surface area contributed by atoms with Crippen LogP contribution >= 0.6 is 0 Å². The highest BCUT2D eigenvalue weighted by atomic mass is 19.1. The highest BCUT2D eigenvalue weighted by molar-refractivity contribution is 5.93. The Morgan fingerprint density at radius 2 is 1.83 bits per heavy atom. The van der Waals surface area contributed by atoms with Crippen LogP contribution in [-0.2, 0) is 7.05 Å².